The van der Waals surface area contributed by atoms with Crippen LogP contribution in [0.1, 0.15) is 20.2 Å². The van der Waals surface area contributed by atoms with Crippen LogP contribution in [-0.4, -0.2) is 57.8 Å². The maximum absolute atomic E-state index is 12.9. The highest BCUT2D eigenvalue weighted by molar-refractivity contribution is 7.21. The molecule has 0 aliphatic carbocycles. The Morgan fingerprint density at radius 1 is 1.00 bits per heavy atom. The molecule has 0 saturated carbocycles. The Morgan fingerprint density at radius 2 is 1.69 bits per heavy atom. The van der Waals surface area contributed by atoms with E-state index in [4.69, 9.17) is 11.6 Å². The molecule has 0 N–H and O–H groups in total. The molecule has 8 heteroatoms. The molecule has 4 rings (SSSR count). The van der Waals surface area contributed by atoms with Crippen molar-refractivity contribution in [2.45, 2.75) is 0 Å². The normalized spacial score (nSPS) is 14.7. The summed E-state index contributed by atoms with van der Waals surface area (Å²) in [6.45, 7) is 1.86. The Kier molecular flexibility index (Phi) is 4.57. The van der Waals surface area contributed by atoms with Crippen LogP contribution >= 0.6 is 22.9 Å². The second kappa shape index (κ2) is 7.01. The molecule has 6 nitrogen and oxygen atoms in total. The van der Waals surface area contributed by atoms with Crippen LogP contribution in [0.4, 0.5) is 0 Å². The standard InChI is InChI=1S/C18H15ClN4O2S/c19-15-12-3-1-2-4-14(12)26-16(15)18(25)23-9-7-22(8-10-23)17(24)13-11-20-5-6-21-13/h1-6,11H,7-10H2. The molecule has 1 aliphatic heterocycles. The number of rotatable bonds is 2. The fourth-order valence-corrected chi connectivity index (χ4v) is 4.46. The molecular formula is C18H15ClN4O2S. The van der Waals surface area contributed by atoms with Gasteiger partial charge >= 0.3 is 0 Å². The van der Waals surface area contributed by atoms with Crippen LogP contribution in [0, 0.1) is 0 Å². The summed E-state index contributed by atoms with van der Waals surface area (Å²) in [6.07, 6.45) is 4.48. The minimum Gasteiger partial charge on any atom is -0.334 e. The van der Waals surface area contributed by atoms with Gasteiger partial charge in [-0.3, -0.25) is 14.6 Å². The van der Waals surface area contributed by atoms with Gasteiger partial charge in [-0.25, -0.2) is 4.98 Å². The first kappa shape index (κ1) is 16.9. The Bertz CT molecular complexity index is 968. The molecule has 26 heavy (non-hydrogen) atoms. The lowest BCUT2D eigenvalue weighted by atomic mass is 10.2. The van der Waals surface area contributed by atoms with Crippen LogP contribution in [0.25, 0.3) is 10.1 Å². The second-order valence-corrected chi connectivity index (χ2v) is 7.35. The molecule has 132 valence electrons. The smallest absolute Gasteiger partial charge is 0.274 e. The van der Waals surface area contributed by atoms with E-state index in [0.717, 1.165) is 10.1 Å². The van der Waals surface area contributed by atoms with E-state index in [1.165, 1.54) is 29.9 Å². The number of halogens is 1. The van der Waals surface area contributed by atoms with E-state index >= 15 is 0 Å². The first-order valence-electron chi connectivity index (χ1n) is 8.17. The molecule has 1 aliphatic rings. The summed E-state index contributed by atoms with van der Waals surface area (Å²) in [5.41, 5.74) is 0.319. The number of hydrogen-bond acceptors (Lipinski definition) is 5. The highest BCUT2D eigenvalue weighted by Gasteiger charge is 2.28. The molecule has 0 bridgehead atoms. The van der Waals surface area contributed by atoms with E-state index < -0.39 is 0 Å². The number of carbonyl (C=O) groups excluding carboxylic acids is 2. The quantitative estimate of drug-likeness (QED) is 0.679. The average Bonchev–Trinajstić information content (AvgIpc) is 3.04. The van der Waals surface area contributed by atoms with Crippen molar-refractivity contribution in [3.63, 3.8) is 0 Å². The van der Waals surface area contributed by atoms with Crippen molar-refractivity contribution in [3.05, 3.63) is 58.4 Å². The minimum atomic E-state index is -0.162. The van der Waals surface area contributed by atoms with Crippen LogP contribution in [-0.2, 0) is 0 Å². The lowest BCUT2D eigenvalue weighted by Gasteiger charge is -2.34. The zero-order valence-electron chi connectivity index (χ0n) is 13.8. The van der Waals surface area contributed by atoms with E-state index in [9.17, 15) is 9.59 Å². The van der Waals surface area contributed by atoms with Crippen LogP contribution in [0.3, 0.4) is 0 Å². The second-order valence-electron chi connectivity index (χ2n) is 5.92. The predicted molar refractivity (Wildman–Crippen MR) is 101 cm³/mol. The van der Waals surface area contributed by atoms with Gasteiger partial charge in [-0.1, -0.05) is 29.8 Å². The summed E-state index contributed by atoms with van der Waals surface area (Å²) in [5, 5.41) is 1.41. The Hall–Kier alpha value is -2.51. The SMILES string of the molecule is O=C(c1cnccn1)N1CCN(C(=O)c2sc3ccccc3c2Cl)CC1. The third-order valence-electron chi connectivity index (χ3n) is 4.37. The van der Waals surface area contributed by atoms with Gasteiger partial charge in [-0.2, -0.15) is 0 Å². The number of benzene rings is 1. The third-order valence-corrected chi connectivity index (χ3v) is 6.03. The zero-order chi connectivity index (χ0) is 18.1. The fourth-order valence-electron chi connectivity index (χ4n) is 2.98. The van der Waals surface area contributed by atoms with Crippen molar-refractivity contribution in [1.82, 2.24) is 19.8 Å². The number of piperazine rings is 1. The molecule has 0 radical (unpaired) electrons. The van der Waals surface area contributed by atoms with E-state index in [-0.39, 0.29) is 11.8 Å². The van der Waals surface area contributed by atoms with Crippen molar-refractivity contribution >= 4 is 44.8 Å². The topological polar surface area (TPSA) is 66.4 Å². The maximum Gasteiger partial charge on any atom is 0.274 e. The van der Waals surface area contributed by atoms with Crippen molar-refractivity contribution in [2.75, 3.05) is 26.2 Å². The first-order valence-corrected chi connectivity index (χ1v) is 9.36. The number of nitrogens with zero attached hydrogens (tertiary/aromatic N) is 4. The van der Waals surface area contributed by atoms with Gasteiger partial charge in [0.1, 0.15) is 10.6 Å². The van der Waals surface area contributed by atoms with Crippen molar-refractivity contribution in [1.29, 1.82) is 0 Å². The lowest BCUT2D eigenvalue weighted by molar-refractivity contribution is 0.0534. The van der Waals surface area contributed by atoms with Gasteiger partial charge in [0, 0.05) is 48.7 Å². The maximum atomic E-state index is 12.9. The highest BCUT2D eigenvalue weighted by Crippen LogP contribution is 2.36. The summed E-state index contributed by atoms with van der Waals surface area (Å²) in [7, 11) is 0. The largest absolute Gasteiger partial charge is 0.334 e. The molecule has 2 amide bonds. The Morgan fingerprint density at radius 3 is 2.35 bits per heavy atom. The van der Waals surface area contributed by atoms with Crippen LogP contribution in [0.2, 0.25) is 5.02 Å². The molecule has 2 aromatic heterocycles. The highest BCUT2D eigenvalue weighted by atomic mass is 35.5. The molecule has 3 aromatic rings. The zero-order valence-corrected chi connectivity index (χ0v) is 15.3. The molecule has 0 atom stereocenters. The van der Waals surface area contributed by atoms with Gasteiger partial charge in [0.2, 0.25) is 0 Å². The van der Waals surface area contributed by atoms with Crippen molar-refractivity contribution < 1.29 is 9.59 Å². The van der Waals surface area contributed by atoms with Crippen molar-refractivity contribution in [3.8, 4) is 0 Å². The molecule has 1 fully saturated rings. The van der Waals surface area contributed by atoms with Crippen molar-refractivity contribution in [2.24, 2.45) is 0 Å². The molecule has 0 unspecified atom stereocenters. The number of carbonyl (C=O) groups is 2. The lowest BCUT2D eigenvalue weighted by Crippen LogP contribution is -2.50. The third kappa shape index (κ3) is 3.04. The fraction of sp³-hybridized carbons (Fsp3) is 0.222. The van der Waals surface area contributed by atoms with E-state index in [1.807, 2.05) is 24.3 Å². The van der Waals surface area contributed by atoms with Crippen LogP contribution in [0.5, 0.6) is 0 Å². The van der Waals surface area contributed by atoms with Gasteiger partial charge < -0.3 is 9.80 Å². The van der Waals surface area contributed by atoms with E-state index in [2.05, 4.69) is 9.97 Å². The number of aromatic nitrogens is 2. The number of hydrogen-bond donors (Lipinski definition) is 0. The predicted octanol–water partition coefficient (Wildman–Crippen LogP) is 2.94. The summed E-state index contributed by atoms with van der Waals surface area (Å²) >= 11 is 7.82. The summed E-state index contributed by atoms with van der Waals surface area (Å²) in [4.78, 5) is 37.2. The van der Waals surface area contributed by atoms with Crippen LogP contribution in [0.15, 0.2) is 42.9 Å². The minimum absolute atomic E-state index is 0.0807. The summed E-state index contributed by atoms with van der Waals surface area (Å²) < 4.78 is 0.998. The molecular weight excluding hydrogens is 372 g/mol. The van der Waals surface area contributed by atoms with E-state index in [0.29, 0.717) is 41.8 Å². The monoisotopic (exact) mass is 386 g/mol. The van der Waals surface area contributed by atoms with Gasteiger partial charge in [0.25, 0.3) is 11.8 Å². The Labute approximate surface area is 159 Å². The van der Waals surface area contributed by atoms with Crippen LogP contribution < -0.4 is 0 Å². The molecule has 1 aromatic carbocycles. The van der Waals surface area contributed by atoms with Gasteiger partial charge in [-0.15, -0.1) is 11.3 Å². The molecule has 3 heterocycles. The first-order chi connectivity index (χ1) is 12.6. The molecule has 0 spiro atoms. The number of thiophene rings is 1. The average molecular weight is 387 g/mol. The van der Waals surface area contributed by atoms with Gasteiger partial charge in [0.05, 0.1) is 11.2 Å². The number of amides is 2. The number of fused-ring (bicyclic) bond motifs is 1. The Balaban J connectivity index is 1.46. The van der Waals surface area contributed by atoms with Gasteiger partial charge in [-0.05, 0) is 6.07 Å². The summed E-state index contributed by atoms with van der Waals surface area (Å²) in [6, 6.07) is 7.72. The van der Waals surface area contributed by atoms with E-state index in [1.54, 1.807) is 9.80 Å². The molecule has 1 saturated heterocycles. The van der Waals surface area contributed by atoms with Gasteiger partial charge in [0.15, 0.2) is 0 Å². The summed E-state index contributed by atoms with van der Waals surface area (Å²) in [5.74, 6) is -0.243.